The summed E-state index contributed by atoms with van der Waals surface area (Å²) < 4.78 is 5.03. The molecule has 0 fully saturated rings. The highest BCUT2D eigenvalue weighted by molar-refractivity contribution is 5.85. The minimum atomic E-state index is -0.465. The Morgan fingerprint density at radius 2 is 2.00 bits per heavy atom. The van der Waals surface area contributed by atoms with E-state index in [2.05, 4.69) is 28.9 Å². The summed E-state index contributed by atoms with van der Waals surface area (Å²) in [6.07, 6.45) is 0. The van der Waals surface area contributed by atoms with Gasteiger partial charge in [-0.3, -0.25) is 4.98 Å². The summed E-state index contributed by atoms with van der Waals surface area (Å²) in [5.74, 6) is -0.465. The van der Waals surface area contributed by atoms with Crippen LogP contribution in [0, 0.1) is 0 Å². The molecule has 0 saturated heterocycles. The average Bonchev–Trinajstić information content (AvgIpc) is 2.84. The lowest BCUT2D eigenvalue weighted by Crippen LogP contribution is -2.23. The highest BCUT2D eigenvalue weighted by Gasteiger charge is 2.12. The van der Waals surface area contributed by atoms with Gasteiger partial charge in [-0.05, 0) is 18.6 Å². The van der Waals surface area contributed by atoms with E-state index in [1.807, 2.05) is 24.3 Å². The Bertz CT molecular complexity index is 805. The number of H-pyrrole nitrogens is 1. The Balaban J connectivity index is 2.00. The number of benzene rings is 2. The molecular formula is C16H17N3O2. The first kappa shape index (κ1) is 13.3. The van der Waals surface area contributed by atoms with Crippen molar-refractivity contribution in [3.05, 3.63) is 58.6 Å². The molecule has 0 spiro atoms. The molecule has 5 nitrogen and oxygen atoms in total. The van der Waals surface area contributed by atoms with Gasteiger partial charge < -0.3 is 15.1 Å². The molecule has 5 heteroatoms. The van der Waals surface area contributed by atoms with E-state index in [0.717, 1.165) is 18.8 Å². The van der Waals surface area contributed by atoms with Crippen molar-refractivity contribution in [1.29, 1.82) is 0 Å². The number of nitrogens with zero attached hydrogens (tertiary/aromatic N) is 1. The second-order valence-electron chi connectivity index (χ2n) is 4.92. The maximum atomic E-state index is 11.3. The number of nitrogen functional groups attached to an aromatic ring is 1. The first-order chi connectivity index (χ1) is 10.2. The molecular weight excluding hydrogens is 266 g/mol. The van der Waals surface area contributed by atoms with Crippen LogP contribution < -0.4 is 16.4 Å². The summed E-state index contributed by atoms with van der Waals surface area (Å²) >= 11 is 0. The number of aromatic nitrogens is 1. The Morgan fingerprint density at radius 1 is 1.24 bits per heavy atom. The van der Waals surface area contributed by atoms with Gasteiger partial charge in [0.05, 0.1) is 16.9 Å². The van der Waals surface area contributed by atoms with Crippen molar-refractivity contribution in [2.24, 2.45) is 0 Å². The predicted molar refractivity (Wildman–Crippen MR) is 84.4 cm³/mol. The molecule has 3 aromatic rings. The van der Waals surface area contributed by atoms with Crippen molar-refractivity contribution in [3.63, 3.8) is 0 Å². The highest BCUT2D eigenvalue weighted by Crippen LogP contribution is 2.29. The zero-order valence-electron chi connectivity index (χ0n) is 11.8. The lowest BCUT2D eigenvalue weighted by molar-refractivity contribution is 0.555. The van der Waals surface area contributed by atoms with Crippen LogP contribution in [-0.2, 0) is 6.54 Å². The van der Waals surface area contributed by atoms with E-state index in [0.29, 0.717) is 16.8 Å². The minimum absolute atomic E-state index is 0.465. The van der Waals surface area contributed by atoms with E-state index in [1.54, 1.807) is 6.07 Å². The van der Waals surface area contributed by atoms with Crippen molar-refractivity contribution >= 4 is 22.5 Å². The van der Waals surface area contributed by atoms with Gasteiger partial charge >= 0.3 is 5.76 Å². The lowest BCUT2D eigenvalue weighted by Gasteiger charge is -2.24. The molecule has 0 unspecified atom stereocenters. The molecule has 1 heterocycles. The monoisotopic (exact) mass is 283 g/mol. The SMILES string of the molecule is CCN(Cc1ccccc1)c1cc2[nH]c(=O)oc2cc1N. The van der Waals surface area contributed by atoms with Crippen LogP contribution in [0.15, 0.2) is 51.7 Å². The van der Waals surface area contributed by atoms with E-state index in [-0.39, 0.29) is 0 Å². The molecule has 3 rings (SSSR count). The van der Waals surface area contributed by atoms with Crippen LogP contribution in [0.4, 0.5) is 11.4 Å². The summed E-state index contributed by atoms with van der Waals surface area (Å²) in [4.78, 5) is 16.1. The number of oxazole rings is 1. The zero-order valence-corrected chi connectivity index (χ0v) is 11.8. The van der Waals surface area contributed by atoms with E-state index in [9.17, 15) is 4.79 Å². The van der Waals surface area contributed by atoms with Gasteiger partial charge in [-0.25, -0.2) is 4.79 Å². The van der Waals surface area contributed by atoms with E-state index < -0.39 is 5.76 Å². The van der Waals surface area contributed by atoms with Gasteiger partial charge in [0, 0.05) is 19.2 Å². The number of nitrogens with one attached hydrogen (secondary N) is 1. The van der Waals surface area contributed by atoms with Gasteiger partial charge in [-0.15, -0.1) is 0 Å². The fourth-order valence-electron chi connectivity index (χ4n) is 2.45. The molecule has 3 N–H and O–H groups in total. The number of anilines is 2. The van der Waals surface area contributed by atoms with Gasteiger partial charge in [0.2, 0.25) is 0 Å². The van der Waals surface area contributed by atoms with Gasteiger partial charge in [-0.1, -0.05) is 30.3 Å². The van der Waals surface area contributed by atoms with Crippen molar-refractivity contribution in [3.8, 4) is 0 Å². The first-order valence-corrected chi connectivity index (χ1v) is 6.88. The molecule has 0 aliphatic carbocycles. The molecule has 0 amide bonds. The van der Waals surface area contributed by atoms with E-state index in [4.69, 9.17) is 10.2 Å². The highest BCUT2D eigenvalue weighted by atomic mass is 16.4. The van der Waals surface area contributed by atoms with Crippen molar-refractivity contribution < 1.29 is 4.42 Å². The van der Waals surface area contributed by atoms with Crippen LogP contribution in [-0.4, -0.2) is 11.5 Å². The minimum Gasteiger partial charge on any atom is -0.408 e. The Kier molecular flexibility index (Phi) is 3.39. The van der Waals surface area contributed by atoms with Crippen LogP contribution in [0.2, 0.25) is 0 Å². The number of hydrogen-bond donors (Lipinski definition) is 2. The maximum absolute atomic E-state index is 11.3. The third-order valence-corrected chi connectivity index (χ3v) is 3.51. The van der Waals surface area contributed by atoms with Crippen molar-refractivity contribution in [2.45, 2.75) is 13.5 Å². The Hall–Kier alpha value is -2.69. The molecule has 108 valence electrons. The summed E-state index contributed by atoms with van der Waals surface area (Å²) in [6, 6.07) is 13.7. The second-order valence-corrected chi connectivity index (χ2v) is 4.92. The molecule has 21 heavy (non-hydrogen) atoms. The molecule has 0 radical (unpaired) electrons. The lowest BCUT2D eigenvalue weighted by atomic mass is 10.1. The topological polar surface area (TPSA) is 75.3 Å². The standard InChI is InChI=1S/C16H17N3O2/c1-2-19(10-11-6-4-3-5-7-11)14-9-13-15(8-12(14)17)21-16(20)18-13/h3-9H,2,10,17H2,1H3,(H,18,20). The second kappa shape index (κ2) is 5.36. The van der Waals surface area contributed by atoms with Gasteiger partial charge in [0.25, 0.3) is 0 Å². The summed E-state index contributed by atoms with van der Waals surface area (Å²) in [5.41, 5.74) is 9.96. The van der Waals surface area contributed by atoms with E-state index in [1.165, 1.54) is 5.56 Å². The number of hydrogen-bond acceptors (Lipinski definition) is 4. The Morgan fingerprint density at radius 3 is 2.71 bits per heavy atom. The molecule has 1 aromatic heterocycles. The van der Waals surface area contributed by atoms with Gasteiger partial charge in [-0.2, -0.15) is 0 Å². The smallest absolute Gasteiger partial charge is 0.408 e. The molecule has 0 bridgehead atoms. The third-order valence-electron chi connectivity index (χ3n) is 3.51. The molecule has 0 aliphatic heterocycles. The molecule has 0 atom stereocenters. The average molecular weight is 283 g/mol. The zero-order chi connectivity index (χ0) is 14.8. The van der Waals surface area contributed by atoms with Crippen LogP contribution in [0.5, 0.6) is 0 Å². The molecule has 0 aliphatic rings. The first-order valence-electron chi connectivity index (χ1n) is 6.88. The normalized spacial score (nSPS) is 10.9. The van der Waals surface area contributed by atoms with Crippen LogP contribution in [0.1, 0.15) is 12.5 Å². The van der Waals surface area contributed by atoms with Gasteiger partial charge in [0.15, 0.2) is 5.58 Å². The molecule has 2 aromatic carbocycles. The van der Waals surface area contributed by atoms with Gasteiger partial charge in [0.1, 0.15) is 0 Å². The van der Waals surface area contributed by atoms with Crippen LogP contribution in [0.25, 0.3) is 11.1 Å². The number of nitrogens with two attached hydrogens (primary N) is 1. The third kappa shape index (κ3) is 2.63. The molecule has 0 saturated carbocycles. The van der Waals surface area contributed by atoms with Crippen LogP contribution in [0.3, 0.4) is 0 Å². The number of aromatic amines is 1. The van der Waals surface area contributed by atoms with Crippen LogP contribution >= 0.6 is 0 Å². The maximum Gasteiger partial charge on any atom is 0.417 e. The summed E-state index contributed by atoms with van der Waals surface area (Å²) in [6.45, 7) is 3.65. The predicted octanol–water partition coefficient (Wildman–Crippen LogP) is 2.73. The summed E-state index contributed by atoms with van der Waals surface area (Å²) in [7, 11) is 0. The fourth-order valence-corrected chi connectivity index (χ4v) is 2.45. The number of fused-ring (bicyclic) bond motifs is 1. The largest absolute Gasteiger partial charge is 0.417 e. The van der Waals surface area contributed by atoms with Crippen molar-refractivity contribution in [1.82, 2.24) is 4.98 Å². The fraction of sp³-hybridized carbons (Fsp3) is 0.188. The van der Waals surface area contributed by atoms with Crippen molar-refractivity contribution in [2.75, 3.05) is 17.2 Å². The summed E-state index contributed by atoms with van der Waals surface area (Å²) in [5, 5.41) is 0. The Labute approximate surface area is 122 Å². The number of rotatable bonds is 4. The van der Waals surface area contributed by atoms with E-state index >= 15 is 0 Å². The quantitative estimate of drug-likeness (QED) is 0.722.